The predicted octanol–water partition coefficient (Wildman–Crippen LogP) is 2.01. The monoisotopic (exact) mass is 328 g/mol. The molecule has 1 N–H and O–H groups in total. The van der Waals surface area contributed by atoms with Gasteiger partial charge in [0.05, 0.1) is 22.2 Å². The molecule has 3 rings (SSSR count). The first-order valence-electron chi connectivity index (χ1n) is 7.56. The van der Waals surface area contributed by atoms with Gasteiger partial charge in [-0.25, -0.2) is 13.4 Å². The fourth-order valence-corrected chi connectivity index (χ4v) is 6.44. The number of nitrogens with one attached hydrogen (secondary N) is 1. The summed E-state index contributed by atoms with van der Waals surface area (Å²) in [6, 6.07) is 0. The Kier molecular flexibility index (Phi) is 3.70. The topological polar surface area (TPSA) is 59.1 Å². The van der Waals surface area contributed by atoms with Crippen LogP contribution in [0.4, 0.5) is 0 Å². The minimum absolute atomic E-state index is 0.0798. The molecule has 0 aliphatic carbocycles. The minimum atomic E-state index is -2.81. The van der Waals surface area contributed by atoms with Crippen molar-refractivity contribution in [3.8, 4) is 0 Å². The van der Waals surface area contributed by atoms with Gasteiger partial charge in [-0.15, -0.1) is 11.3 Å². The second-order valence-electron chi connectivity index (χ2n) is 7.62. The van der Waals surface area contributed by atoms with E-state index in [0.717, 1.165) is 36.6 Å². The molecule has 1 aromatic heterocycles. The normalized spacial score (nSPS) is 27.5. The Labute approximate surface area is 131 Å². The standard InChI is InChI=1S/C15H24N2O2S2/c1-14(2,3)12-7-20-13(17-12)6-15(9-16-10-15)11-4-5-21(18,19)8-11/h7,11,16H,4-6,8-10H2,1-3H3. The lowest BCUT2D eigenvalue weighted by atomic mass is 9.68. The van der Waals surface area contributed by atoms with E-state index >= 15 is 0 Å². The molecule has 6 heteroatoms. The molecule has 118 valence electrons. The summed E-state index contributed by atoms with van der Waals surface area (Å²) in [5.74, 6) is 1.03. The Morgan fingerprint density at radius 3 is 2.57 bits per heavy atom. The minimum Gasteiger partial charge on any atom is -0.315 e. The van der Waals surface area contributed by atoms with Gasteiger partial charge in [0.1, 0.15) is 0 Å². The zero-order valence-corrected chi connectivity index (χ0v) is 14.6. The van der Waals surface area contributed by atoms with E-state index in [1.165, 1.54) is 0 Å². The first-order valence-corrected chi connectivity index (χ1v) is 10.3. The average molecular weight is 329 g/mol. The number of nitrogens with zero attached hydrogens (tertiary/aromatic N) is 1. The largest absolute Gasteiger partial charge is 0.315 e. The molecule has 1 atom stereocenters. The van der Waals surface area contributed by atoms with Crippen molar-refractivity contribution in [2.24, 2.45) is 11.3 Å². The lowest BCUT2D eigenvalue weighted by Gasteiger charge is -2.46. The molecule has 0 bridgehead atoms. The van der Waals surface area contributed by atoms with Crippen molar-refractivity contribution in [3.63, 3.8) is 0 Å². The van der Waals surface area contributed by atoms with Crippen LogP contribution in [0.1, 0.15) is 37.9 Å². The summed E-state index contributed by atoms with van der Waals surface area (Å²) in [7, 11) is -2.81. The lowest BCUT2D eigenvalue weighted by Crippen LogP contribution is -2.59. The molecule has 1 unspecified atom stereocenters. The van der Waals surface area contributed by atoms with Gasteiger partial charge < -0.3 is 5.32 Å². The summed E-state index contributed by atoms with van der Waals surface area (Å²) in [6.45, 7) is 8.39. The summed E-state index contributed by atoms with van der Waals surface area (Å²) in [4.78, 5) is 4.80. The number of thiazole rings is 1. The van der Waals surface area contributed by atoms with Crippen LogP contribution in [0, 0.1) is 11.3 Å². The van der Waals surface area contributed by atoms with Crippen LogP contribution in [-0.2, 0) is 21.7 Å². The van der Waals surface area contributed by atoms with Crippen molar-refractivity contribution in [3.05, 3.63) is 16.1 Å². The van der Waals surface area contributed by atoms with Gasteiger partial charge in [-0.2, -0.15) is 0 Å². The zero-order chi connectivity index (χ0) is 15.3. The number of aromatic nitrogens is 1. The predicted molar refractivity (Wildman–Crippen MR) is 86.6 cm³/mol. The van der Waals surface area contributed by atoms with Gasteiger partial charge in [-0.3, -0.25) is 0 Å². The molecular formula is C15H24N2O2S2. The average Bonchev–Trinajstić information content (AvgIpc) is 2.89. The third kappa shape index (κ3) is 3.03. The Morgan fingerprint density at radius 1 is 1.43 bits per heavy atom. The molecule has 21 heavy (non-hydrogen) atoms. The van der Waals surface area contributed by atoms with E-state index < -0.39 is 9.84 Å². The van der Waals surface area contributed by atoms with E-state index in [1.807, 2.05) is 0 Å². The van der Waals surface area contributed by atoms with Gasteiger partial charge in [0.2, 0.25) is 0 Å². The first kappa shape index (κ1) is 15.4. The Bertz CT molecular complexity index is 624. The van der Waals surface area contributed by atoms with Crippen molar-refractivity contribution in [2.75, 3.05) is 24.6 Å². The maximum Gasteiger partial charge on any atom is 0.150 e. The summed E-state index contributed by atoms with van der Waals surface area (Å²) < 4.78 is 23.6. The number of rotatable bonds is 3. The summed E-state index contributed by atoms with van der Waals surface area (Å²) in [5.41, 5.74) is 1.33. The fraction of sp³-hybridized carbons (Fsp3) is 0.800. The van der Waals surface area contributed by atoms with Crippen molar-refractivity contribution in [1.29, 1.82) is 0 Å². The molecule has 2 fully saturated rings. The van der Waals surface area contributed by atoms with Crippen molar-refractivity contribution < 1.29 is 8.42 Å². The van der Waals surface area contributed by atoms with Crippen LogP contribution in [-0.4, -0.2) is 38.0 Å². The Morgan fingerprint density at radius 2 is 2.14 bits per heavy atom. The van der Waals surface area contributed by atoms with E-state index in [-0.39, 0.29) is 10.8 Å². The Balaban J connectivity index is 1.77. The zero-order valence-electron chi connectivity index (χ0n) is 13.0. The highest BCUT2D eigenvalue weighted by molar-refractivity contribution is 7.91. The molecule has 0 saturated carbocycles. The highest BCUT2D eigenvalue weighted by atomic mass is 32.2. The second-order valence-corrected chi connectivity index (χ2v) is 10.8. The highest BCUT2D eigenvalue weighted by Gasteiger charge is 2.48. The van der Waals surface area contributed by atoms with Gasteiger partial charge in [-0.05, 0) is 12.3 Å². The van der Waals surface area contributed by atoms with Gasteiger partial charge >= 0.3 is 0 Å². The maximum atomic E-state index is 11.8. The van der Waals surface area contributed by atoms with Crippen molar-refractivity contribution in [2.45, 2.75) is 39.0 Å². The smallest absolute Gasteiger partial charge is 0.150 e. The first-order chi connectivity index (χ1) is 9.70. The van der Waals surface area contributed by atoms with Crippen LogP contribution < -0.4 is 5.32 Å². The van der Waals surface area contributed by atoms with E-state index in [0.29, 0.717) is 17.4 Å². The Hall–Kier alpha value is -0.460. The molecular weight excluding hydrogens is 304 g/mol. The molecule has 0 amide bonds. The van der Waals surface area contributed by atoms with Crippen molar-refractivity contribution in [1.82, 2.24) is 10.3 Å². The third-order valence-electron chi connectivity index (χ3n) is 4.88. The SMILES string of the molecule is CC(C)(C)c1csc(CC2(C3CCS(=O)(=O)C3)CNC2)n1. The number of hydrogen-bond acceptors (Lipinski definition) is 5. The van der Waals surface area contributed by atoms with Crippen LogP contribution in [0.5, 0.6) is 0 Å². The molecule has 3 heterocycles. The van der Waals surface area contributed by atoms with Crippen LogP contribution in [0.25, 0.3) is 0 Å². The summed E-state index contributed by atoms with van der Waals surface area (Å²) in [5, 5.41) is 6.66. The van der Waals surface area contributed by atoms with E-state index in [1.54, 1.807) is 11.3 Å². The maximum absolute atomic E-state index is 11.8. The van der Waals surface area contributed by atoms with E-state index in [2.05, 4.69) is 31.5 Å². The second kappa shape index (κ2) is 5.03. The fourth-order valence-electron chi connectivity index (χ4n) is 3.32. The molecule has 0 aromatic carbocycles. The number of hydrogen-bond donors (Lipinski definition) is 1. The van der Waals surface area contributed by atoms with Gasteiger partial charge in [0.25, 0.3) is 0 Å². The van der Waals surface area contributed by atoms with Gasteiger partial charge in [0, 0.05) is 35.7 Å². The highest BCUT2D eigenvalue weighted by Crippen LogP contribution is 2.42. The van der Waals surface area contributed by atoms with Crippen LogP contribution in [0.2, 0.25) is 0 Å². The van der Waals surface area contributed by atoms with E-state index in [4.69, 9.17) is 4.98 Å². The molecule has 4 nitrogen and oxygen atoms in total. The van der Waals surface area contributed by atoms with E-state index in [9.17, 15) is 8.42 Å². The van der Waals surface area contributed by atoms with Crippen LogP contribution >= 0.6 is 11.3 Å². The molecule has 2 aliphatic rings. The lowest BCUT2D eigenvalue weighted by molar-refractivity contribution is 0.0923. The van der Waals surface area contributed by atoms with Gasteiger partial charge in [0.15, 0.2) is 9.84 Å². The molecule has 0 radical (unpaired) electrons. The molecule has 0 spiro atoms. The van der Waals surface area contributed by atoms with Crippen molar-refractivity contribution >= 4 is 21.2 Å². The molecule has 2 saturated heterocycles. The van der Waals surface area contributed by atoms with Crippen LogP contribution in [0.15, 0.2) is 5.38 Å². The molecule has 1 aromatic rings. The summed E-state index contributed by atoms with van der Waals surface area (Å²) in [6.07, 6.45) is 1.74. The molecule has 2 aliphatic heterocycles. The summed E-state index contributed by atoms with van der Waals surface area (Å²) >= 11 is 1.72. The quantitative estimate of drug-likeness (QED) is 0.922. The third-order valence-corrected chi connectivity index (χ3v) is 7.49. The number of sulfone groups is 1. The van der Waals surface area contributed by atoms with Crippen LogP contribution in [0.3, 0.4) is 0 Å². The van der Waals surface area contributed by atoms with Gasteiger partial charge in [-0.1, -0.05) is 20.8 Å².